The number of nitrogens with zero attached hydrogens (tertiary/aromatic N) is 3. The number of halogens is 1. The second kappa shape index (κ2) is 8.75. The Morgan fingerprint density at radius 2 is 1.55 bits per heavy atom. The highest BCUT2D eigenvalue weighted by Crippen LogP contribution is 2.40. The summed E-state index contributed by atoms with van der Waals surface area (Å²) in [6, 6.07) is 15.8. The van der Waals surface area contributed by atoms with E-state index in [-0.39, 0.29) is 5.75 Å². The van der Waals surface area contributed by atoms with Gasteiger partial charge in [-0.05, 0) is 35.4 Å². The van der Waals surface area contributed by atoms with Gasteiger partial charge in [-0.1, -0.05) is 35.9 Å². The number of nitrogens with one attached hydrogen (secondary N) is 2. The number of phenolic OH excluding ortho intramolecular Hbond substituents is 1. The second-order valence-electron chi connectivity index (χ2n) is 7.93. The molecule has 160 valence electrons. The molecule has 6 nitrogen and oxygen atoms in total. The van der Waals surface area contributed by atoms with E-state index in [2.05, 4.69) is 31.5 Å². The number of hydrogen-bond acceptors (Lipinski definition) is 6. The molecule has 2 aromatic carbocycles. The van der Waals surface area contributed by atoms with Gasteiger partial charge in [-0.3, -0.25) is 5.32 Å². The molecule has 0 saturated carbocycles. The zero-order valence-electron chi connectivity index (χ0n) is 17.3. The number of benzene rings is 2. The predicted molar refractivity (Wildman–Crippen MR) is 127 cm³/mol. The van der Waals surface area contributed by atoms with E-state index in [9.17, 15) is 5.11 Å². The molecule has 31 heavy (non-hydrogen) atoms. The fourth-order valence-electron chi connectivity index (χ4n) is 4.31. The third-order valence-electron chi connectivity index (χ3n) is 5.99. The van der Waals surface area contributed by atoms with E-state index in [1.165, 1.54) is 0 Å². The van der Waals surface area contributed by atoms with Crippen LogP contribution >= 0.6 is 11.6 Å². The third kappa shape index (κ3) is 4.06. The van der Waals surface area contributed by atoms with Crippen molar-refractivity contribution in [2.24, 2.45) is 0 Å². The van der Waals surface area contributed by atoms with Crippen LogP contribution in [0.1, 0.15) is 0 Å². The quantitative estimate of drug-likeness (QED) is 0.582. The van der Waals surface area contributed by atoms with Gasteiger partial charge in [-0.25, -0.2) is 4.98 Å². The van der Waals surface area contributed by atoms with Crippen molar-refractivity contribution in [2.45, 2.75) is 0 Å². The molecular weight excluding hydrogens is 410 g/mol. The Kier molecular flexibility index (Phi) is 5.68. The first-order valence-electron chi connectivity index (χ1n) is 10.7. The molecule has 3 N–H and O–H groups in total. The summed E-state index contributed by atoms with van der Waals surface area (Å²) in [6.07, 6.45) is 1.81. The van der Waals surface area contributed by atoms with E-state index in [4.69, 9.17) is 11.6 Å². The van der Waals surface area contributed by atoms with Crippen molar-refractivity contribution in [3.05, 3.63) is 59.8 Å². The number of piperazine rings is 1. The number of para-hydroxylation sites is 1. The van der Waals surface area contributed by atoms with Gasteiger partial charge in [-0.15, -0.1) is 0 Å². The van der Waals surface area contributed by atoms with E-state index in [1.807, 2.05) is 48.7 Å². The van der Waals surface area contributed by atoms with Crippen LogP contribution in [0, 0.1) is 0 Å². The number of phenols is 1. The summed E-state index contributed by atoms with van der Waals surface area (Å²) >= 11 is 6.61. The maximum absolute atomic E-state index is 11.2. The SMILES string of the molecule is Oc1c(-c2ccnc(N3CCNCC3)c2)cccc1-c1ccc(N2CCNC2)c(Cl)c1. The zero-order chi connectivity index (χ0) is 21.2. The molecule has 0 atom stereocenters. The van der Waals surface area contributed by atoms with E-state index < -0.39 is 0 Å². The van der Waals surface area contributed by atoms with Gasteiger partial charge in [0, 0.05) is 56.6 Å². The molecule has 0 unspecified atom stereocenters. The molecule has 0 amide bonds. The molecule has 2 fully saturated rings. The van der Waals surface area contributed by atoms with Gasteiger partial charge in [0.05, 0.1) is 17.4 Å². The van der Waals surface area contributed by atoms with Crippen molar-refractivity contribution in [1.82, 2.24) is 15.6 Å². The van der Waals surface area contributed by atoms with E-state index in [1.54, 1.807) is 0 Å². The standard InChI is InChI=1S/C24H26ClN5O/c25-21-14-17(4-5-22(21)30-13-10-27-16-30)19-2-1-3-20(24(19)31)18-6-7-28-23(15-18)29-11-8-26-9-12-29/h1-7,14-15,26-27,31H,8-13,16H2. The number of hydrogen-bond donors (Lipinski definition) is 3. The van der Waals surface area contributed by atoms with Crippen LogP contribution in [-0.4, -0.2) is 56.0 Å². The van der Waals surface area contributed by atoms with Gasteiger partial charge in [0.25, 0.3) is 0 Å². The number of aromatic hydroxyl groups is 1. The minimum atomic E-state index is 0.256. The average Bonchev–Trinajstić information content (AvgIpc) is 3.34. The van der Waals surface area contributed by atoms with Crippen molar-refractivity contribution in [3.8, 4) is 28.0 Å². The van der Waals surface area contributed by atoms with Crippen LogP contribution in [0.3, 0.4) is 0 Å². The molecule has 3 aromatic rings. The smallest absolute Gasteiger partial charge is 0.131 e. The largest absolute Gasteiger partial charge is 0.507 e. The minimum Gasteiger partial charge on any atom is -0.507 e. The molecule has 2 saturated heterocycles. The molecule has 3 heterocycles. The first kappa shape index (κ1) is 20.1. The average molecular weight is 436 g/mol. The lowest BCUT2D eigenvalue weighted by molar-refractivity contribution is 0.479. The van der Waals surface area contributed by atoms with Crippen LogP contribution in [-0.2, 0) is 0 Å². The summed E-state index contributed by atoms with van der Waals surface area (Å²) in [7, 11) is 0. The topological polar surface area (TPSA) is 63.7 Å². The van der Waals surface area contributed by atoms with E-state index in [0.29, 0.717) is 5.02 Å². The van der Waals surface area contributed by atoms with Crippen molar-refractivity contribution >= 4 is 23.1 Å². The molecule has 0 aliphatic carbocycles. The number of anilines is 2. The van der Waals surface area contributed by atoms with Crippen LogP contribution in [0.15, 0.2) is 54.7 Å². The summed E-state index contributed by atoms with van der Waals surface area (Å²) in [5.41, 5.74) is 4.43. The maximum Gasteiger partial charge on any atom is 0.131 e. The fourth-order valence-corrected chi connectivity index (χ4v) is 4.61. The number of aromatic nitrogens is 1. The monoisotopic (exact) mass is 435 g/mol. The molecule has 2 aliphatic rings. The lowest BCUT2D eigenvalue weighted by Gasteiger charge is -2.28. The Morgan fingerprint density at radius 3 is 2.26 bits per heavy atom. The van der Waals surface area contributed by atoms with Gasteiger partial charge < -0.3 is 20.2 Å². The van der Waals surface area contributed by atoms with Gasteiger partial charge in [-0.2, -0.15) is 0 Å². The van der Waals surface area contributed by atoms with Gasteiger partial charge >= 0.3 is 0 Å². The maximum atomic E-state index is 11.2. The Balaban J connectivity index is 1.48. The Hall–Kier alpha value is -2.80. The molecule has 2 aliphatic heterocycles. The molecular formula is C24H26ClN5O. The first-order valence-corrected chi connectivity index (χ1v) is 11.1. The fraction of sp³-hybridized carbons (Fsp3) is 0.292. The van der Waals surface area contributed by atoms with Crippen molar-refractivity contribution in [2.75, 3.05) is 55.7 Å². The van der Waals surface area contributed by atoms with Crippen molar-refractivity contribution in [3.63, 3.8) is 0 Å². The summed E-state index contributed by atoms with van der Waals surface area (Å²) in [5.74, 6) is 1.20. The molecule has 0 spiro atoms. The molecule has 0 radical (unpaired) electrons. The van der Waals surface area contributed by atoms with Crippen LogP contribution < -0.4 is 20.4 Å². The second-order valence-corrected chi connectivity index (χ2v) is 8.34. The van der Waals surface area contributed by atoms with Gasteiger partial charge in [0.1, 0.15) is 11.6 Å². The Bertz CT molecular complexity index is 1080. The minimum absolute atomic E-state index is 0.256. The highest BCUT2D eigenvalue weighted by Gasteiger charge is 2.18. The Labute approximate surface area is 187 Å². The lowest BCUT2D eigenvalue weighted by Crippen LogP contribution is -2.43. The summed E-state index contributed by atoms with van der Waals surface area (Å²) in [5, 5.41) is 18.5. The van der Waals surface area contributed by atoms with E-state index >= 15 is 0 Å². The number of pyridine rings is 1. The van der Waals surface area contributed by atoms with Crippen molar-refractivity contribution < 1.29 is 5.11 Å². The van der Waals surface area contributed by atoms with Crippen LogP contribution in [0.2, 0.25) is 5.02 Å². The van der Waals surface area contributed by atoms with Crippen LogP contribution in [0.5, 0.6) is 5.75 Å². The van der Waals surface area contributed by atoms with Gasteiger partial charge in [0.2, 0.25) is 0 Å². The molecule has 1 aromatic heterocycles. The van der Waals surface area contributed by atoms with Crippen LogP contribution in [0.4, 0.5) is 11.5 Å². The lowest BCUT2D eigenvalue weighted by atomic mass is 9.97. The third-order valence-corrected chi connectivity index (χ3v) is 6.30. The molecule has 0 bridgehead atoms. The molecule has 7 heteroatoms. The zero-order valence-corrected chi connectivity index (χ0v) is 18.1. The van der Waals surface area contributed by atoms with Crippen LogP contribution in [0.25, 0.3) is 22.3 Å². The highest BCUT2D eigenvalue weighted by atomic mass is 35.5. The Morgan fingerprint density at radius 1 is 0.839 bits per heavy atom. The highest BCUT2D eigenvalue weighted by molar-refractivity contribution is 6.33. The summed E-state index contributed by atoms with van der Waals surface area (Å²) in [6.45, 7) is 6.48. The van der Waals surface area contributed by atoms with Crippen molar-refractivity contribution in [1.29, 1.82) is 0 Å². The molecule has 5 rings (SSSR count). The van der Waals surface area contributed by atoms with Gasteiger partial charge in [0.15, 0.2) is 0 Å². The predicted octanol–water partition coefficient (Wildman–Crippen LogP) is 3.55. The first-order chi connectivity index (χ1) is 15.2. The normalized spacial score (nSPS) is 16.7. The summed E-state index contributed by atoms with van der Waals surface area (Å²) in [4.78, 5) is 9.04. The number of rotatable bonds is 4. The van der Waals surface area contributed by atoms with E-state index in [0.717, 1.165) is 79.7 Å². The summed E-state index contributed by atoms with van der Waals surface area (Å²) < 4.78 is 0.